The lowest BCUT2D eigenvalue weighted by Crippen LogP contribution is -2.30. The van der Waals surface area contributed by atoms with Crippen molar-refractivity contribution in [3.8, 4) is 5.82 Å². The lowest BCUT2D eigenvalue weighted by Gasteiger charge is -2.23. The lowest BCUT2D eigenvalue weighted by atomic mass is 10.1. The first-order valence-corrected chi connectivity index (χ1v) is 11.6. The van der Waals surface area contributed by atoms with Crippen LogP contribution in [0.4, 0.5) is 5.69 Å². The van der Waals surface area contributed by atoms with E-state index in [1.165, 1.54) is 35.0 Å². The largest absolute Gasteiger partial charge is 0.309 e. The summed E-state index contributed by atoms with van der Waals surface area (Å²) in [5.74, 6) is -0.229. The Morgan fingerprint density at radius 1 is 1.24 bits per heavy atom. The minimum atomic E-state index is -3.65. The van der Waals surface area contributed by atoms with Crippen LogP contribution in [0.1, 0.15) is 16.1 Å². The maximum absolute atomic E-state index is 13.3. The first kappa shape index (κ1) is 21.8. The van der Waals surface area contributed by atoms with Crippen LogP contribution in [0.2, 0.25) is 10.0 Å². The normalized spacial score (nSPS) is 11.5. The Morgan fingerprint density at radius 3 is 2.55 bits per heavy atom. The van der Waals surface area contributed by atoms with Crippen LogP contribution >= 0.6 is 39.1 Å². The Morgan fingerprint density at radius 2 is 1.93 bits per heavy atom. The molecule has 0 bridgehead atoms. The molecule has 1 aromatic carbocycles. The molecule has 2 aromatic heterocycles. The molecule has 7 nitrogen and oxygen atoms in total. The van der Waals surface area contributed by atoms with Gasteiger partial charge < -0.3 is 4.90 Å². The second kappa shape index (κ2) is 8.06. The summed E-state index contributed by atoms with van der Waals surface area (Å²) in [5.41, 5.74) is 0.918. The summed E-state index contributed by atoms with van der Waals surface area (Å²) in [5, 5.41) is 4.82. The van der Waals surface area contributed by atoms with Crippen molar-refractivity contribution < 1.29 is 13.2 Å². The van der Waals surface area contributed by atoms with Crippen LogP contribution in [-0.4, -0.2) is 42.4 Å². The molecule has 0 saturated heterocycles. The number of hydrogen-bond acceptors (Lipinski definition) is 5. The van der Waals surface area contributed by atoms with Crippen molar-refractivity contribution in [2.45, 2.75) is 11.8 Å². The Hall–Kier alpha value is -1.94. The molecule has 0 aliphatic carbocycles. The topological polar surface area (TPSA) is 85.2 Å². The van der Waals surface area contributed by atoms with Crippen LogP contribution in [-0.2, 0) is 9.84 Å². The van der Waals surface area contributed by atoms with Gasteiger partial charge in [0.1, 0.15) is 10.3 Å². The smallest absolute Gasteiger partial charge is 0.276 e. The molecule has 29 heavy (non-hydrogen) atoms. The lowest BCUT2D eigenvalue weighted by molar-refractivity contribution is 0.0985. The highest BCUT2D eigenvalue weighted by Crippen LogP contribution is 2.33. The van der Waals surface area contributed by atoms with E-state index in [2.05, 4.69) is 26.0 Å². The van der Waals surface area contributed by atoms with Gasteiger partial charge in [-0.25, -0.2) is 18.1 Å². The van der Waals surface area contributed by atoms with Crippen molar-refractivity contribution in [3.63, 3.8) is 0 Å². The number of carbonyl (C=O) groups is 1. The molecule has 0 unspecified atom stereocenters. The molecule has 0 aliphatic heterocycles. The van der Waals surface area contributed by atoms with Gasteiger partial charge >= 0.3 is 0 Å². The van der Waals surface area contributed by atoms with Crippen molar-refractivity contribution in [2.75, 3.05) is 18.2 Å². The molecule has 0 spiro atoms. The SMILES string of the molecule is Cc1cc(Cl)cc(S(C)(=O)=O)c1N(C)C(=O)c1cc(Br)nn1-c1ncccc1Cl. The van der Waals surface area contributed by atoms with Crippen molar-refractivity contribution in [2.24, 2.45) is 0 Å². The molecule has 0 radical (unpaired) electrons. The van der Waals surface area contributed by atoms with Crippen molar-refractivity contribution in [1.29, 1.82) is 0 Å². The van der Waals surface area contributed by atoms with Gasteiger partial charge in [-0.2, -0.15) is 5.10 Å². The van der Waals surface area contributed by atoms with Crippen LogP contribution in [0.5, 0.6) is 0 Å². The highest BCUT2D eigenvalue weighted by molar-refractivity contribution is 9.10. The zero-order valence-corrected chi connectivity index (χ0v) is 19.4. The molecule has 2 heterocycles. The highest BCUT2D eigenvalue weighted by atomic mass is 79.9. The number of aryl methyl sites for hydroxylation is 1. The maximum atomic E-state index is 13.3. The van der Waals surface area contributed by atoms with Crippen LogP contribution in [0, 0.1) is 6.92 Å². The van der Waals surface area contributed by atoms with E-state index in [0.717, 1.165) is 6.26 Å². The number of carbonyl (C=O) groups excluding carboxylic acids is 1. The summed E-state index contributed by atoms with van der Waals surface area (Å²) in [6, 6.07) is 7.72. The summed E-state index contributed by atoms with van der Waals surface area (Å²) < 4.78 is 26.3. The number of nitrogens with zero attached hydrogens (tertiary/aromatic N) is 4. The van der Waals surface area contributed by atoms with E-state index in [-0.39, 0.29) is 27.1 Å². The van der Waals surface area contributed by atoms with E-state index in [9.17, 15) is 13.2 Å². The van der Waals surface area contributed by atoms with Crippen molar-refractivity contribution >= 4 is 60.6 Å². The Bertz CT molecular complexity index is 1230. The number of aromatic nitrogens is 3. The summed E-state index contributed by atoms with van der Waals surface area (Å²) in [6.07, 6.45) is 2.59. The molecule has 0 aliphatic rings. The van der Waals surface area contributed by atoms with E-state index in [0.29, 0.717) is 15.2 Å². The van der Waals surface area contributed by atoms with Gasteiger partial charge in [0.15, 0.2) is 15.7 Å². The predicted molar refractivity (Wildman–Crippen MR) is 116 cm³/mol. The van der Waals surface area contributed by atoms with Crippen LogP contribution in [0.15, 0.2) is 46.0 Å². The Kier molecular flexibility index (Phi) is 6.05. The second-order valence-corrected chi connectivity index (χ2v) is 9.92. The van der Waals surface area contributed by atoms with Gasteiger partial charge in [0.05, 0.1) is 15.6 Å². The number of sulfone groups is 1. The van der Waals surface area contributed by atoms with Crippen molar-refractivity contribution in [1.82, 2.24) is 14.8 Å². The van der Waals surface area contributed by atoms with E-state index < -0.39 is 15.7 Å². The summed E-state index contributed by atoms with van der Waals surface area (Å²) in [6.45, 7) is 1.68. The van der Waals surface area contributed by atoms with E-state index in [4.69, 9.17) is 23.2 Å². The van der Waals surface area contributed by atoms with Gasteiger partial charge in [-0.15, -0.1) is 0 Å². The third-order valence-corrected chi connectivity index (χ3v) is 6.12. The molecule has 1 amide bonds. The molecule has 3 rings (SSSR count). The van der Waals surface area contributed by atoms with Gasteiger partial charge in [0, 0.05) is 30.6 Å². The highest BCUT2D eigenvalue weighted by Gasteiger charge is 2.27. The molecule has 0 atom stereocenters. The number of halogens is 3. The summed E-state index contributed by atoms with van der Waals surface area (Å²) in [7, 11) is -2.16. The monoisotopic (exact) mass is 516 g/mol. The van der Waals surface area contributed by atoms with E-state index in [1.54, 1.807) is 25.1 Å². The zero-order chi connectivity index (χ0) is 21.5. The average Bonchev–Trinajstić information content (AvgIpc) is 3.01. The van der Waals surface area contributed by atoms with E-state index in [1.807, 2.05) is 0 Å². The Balaban J connectivity index is 2.17. The third kappa shape index (κ3) is 4.32. The van der Waals surface area contributed by atoms with E-state index >= 15 is 0 Å². The number of anilines is 1. The molecule has 0 N–H and O–H groups in total. The van der Waals surface area contributed by atoms with Crippen LogP contribution < -0.4 is 4.90 Å². The van der Waals surface area contributed by atoms with Gasteiger partial charge in [-0.1, -0.05) is 23.2 Å². The molecular weight excluding hydrogens is 503 g/mol. The number of pyridine rings is 1. The quantitative estimate of drug-likeness (QED) is 0.514. The van der Waals surface area contributed by atoms with Gasteiger partial charge in [0.2, 0.25) is 0 Å². The minimum Gasteiger partial charge on any atom is -0.309 e. The summed E-state index contributed by atoms with van der Waals surface area (Å²) >= 11 is 15.5. The number of amides is 1. The first-order chi connectivity index (χ1) is 13.5. The fourth-order valence-corrected chi connectivity index (χ4v) is 4.79. The average molecular weight is 518 g/mol. The minimum absolute atomic E-state index is 0.0423. The molecular formula is C18H15BrCl2N4O3S. The third-order valence-electron chi connectivity index (χ3n) is 4.11. The molecule has 0 saturated carbocycles. The molecule has 11 heteroatoms. The fourth-order valence-electron chi connectivity index (χ4n) is 2.89. The maximum Gasteiger partial charge on any atom is 0.276 e. The molecule has 152 valence electrons. The number of benzene rings is 1. The zero-order valence-electron chi connectivity index (χ0n) is 15.5. The molecule has 0 fully saturated rings. The van der Waals surface area contributed by atoms with Gasteiger partial charge in [0.25, 0.3) is 5.91 Å². The molecule has 3 aromatic rings. The van der Waals surface area contributed by atoms with Gasteiger partial charge in [-0.05, 0) is 52.7 Å². The summed E-state index contributed by atoms with van der Waals surface area (Å²) in [4.78, 5) is 18.7. The fraction of sp³-hybridized carbons (Fsp3) is 0.167. The number of rotatable bonds is 4. The first-order valence-electron chi connectivity index (χ1n) is 8.15. The number of hydrogen-bond donors (Lipinski definition) is 0. The van der Waals surface area contributed by atoms with Gasteiger partial charge in [-0.3, -0.25) is 4.79 Å². The van der Waals surface area contributed by atoms with Crippen LogP contribution in [0.3, 0.4) is 0 Å². The Labute approximate surface area is 186 Å². The van der Waals surface area contributed by atoms with Crippen LogP contribution in [0.25, 0.3) is 5.82 Å². The predicted octanol–water partition coefficient (Wildman–Crippen LogP) is 4.33. The standard InChI is InChI=1S/C18H15BrCl2N4O3S/c1-10-7-11(20)8-14(29(3,27)28)16(10)24(2)18(26)13-9-15(19)23-25(13)17-12(21)5-4-6-22-17/h4-9H,1-3H3. The second-order valence-electron chi connectivity index (χ2n) is 6.28. The van der Waals surface area contributed by atoms with Crippen molar-refractivity contribution in [3.05, 3.63) is 62.4 Å².